The van der Waals surface area contributed by atoms with Gasteiger partial charge in [0.05, 0.1) is 6.54 Å². The minimum atomic E-state index is 0.260. The van der Waals surface area contributed by atoms with Crippen LogP contribution in [0, 0.1) is 5.92 Å². The molecule has 0 aliphatic heterocycles. The fourth-order valence-electron chi connectivity index (χ4n) is 1.93. The lowest BCUT2D eigenvalue weighted by Crippen LogP contribution is -2.01. The molecule has 2 heterocycles. The molecule has 0 spiro atoms. The van der Waals surface area contributed by atoms with Crippen molar-refractivity contribution in [2.45, 2.75) is 32.7 Å². The van der Waals surface area contributed by atoms with Crippen molar-refractivity contribution in [3.05, 3.63) is 35.7 Å². The van der Waals surface area contributed by atoms with E-state index in [4.69, 9.17) is 4.52 Å². The average molecular weight is 245 g/mol. The number of carbonyl (C=O) groups excluding carboxylic acids is 1. The Hall–Kier alpha value is -1.91. The highest BCUT2D eigenvalue weighted by molar-refractivity contribution is 5.99. The Kier molecular flexibility index (Phi) is 2.74. The van der Waals surface area contributed by atoms with Gasteiger partial charge in [-0.3, -0.25) is 4.79 Å². The van der Waals surface area contributed by atoms with Crippen LogP contribution in [0.4, 0.5) is 0 Å². The van der Waals surface area contributed by atoms with E-state index in [9.17, 15) is 4.79 Å². The number of aryl methyl sites for hydroxylation is 1. The quantitative estimate of drug-likeness (QED) is 0.756. The van der Waals surface area contributed by atoms with Crippen molar-refractivity contribution in [3.8, 4) is 0 Å². The molecule has 0 bridgehead atoms. The second-order valence-corrected chi connectivity index (χ2v) is 4.67. The molecule has 0 saturated heterocycles. The minimum Gasteiger partial charge on any atom is -0.346 e. The third-order valence-electron chi connectivity index (χ3n) is 3.12. The zero-order valence-corrected chi connectivity index (χ0v) is 10.3. The van der Waals surface area contributed by atoms with Crippen LogP contribution in [0.5, 0.6) is 0 Å². The molecule has 0 N–H and O–H groups in total. The lowest BCUT2D eigenvalue weighted by atomic mass is 10.1. The van der Waals surface area contributed by atoms with Gasteiger partial charge in [0.25, 0.3) is 0 Å². The molecule has 1 fully saturated rings. The molecule has 94 valence electrons. The summed E-state index contributed by atoms with van der Waals surface area (Å²) in [7, 11) is 0. The molecule has 1 aliphatic carbocycles. The number of hydrogen-bond acceptors (Lipinski definition) is 4. The molecule has 5 heteroatoms. The van der Waals surface area contributed by atoms with Crippen LogP contribution in [0.25, 0.3) is 0 Å². The van der Waals surface area contributed by atoms with Crippen LogP contribution in [0.15, 0.2) is 23.0 Å². The van der Waals surface area contributed by atoms with Gasteiger partial charge in [-0.25, -0.2) is 0 Å². The normalized spacial score (nSPS) is 14.9. The predicted molar refractivity (Wildman–Crippen MR) is 64.3 cm³/mol. The van der Waals surface area contributed by atoms with Gasteiger partial charge in [-0.2, -0.15) is 4.98 Å². The molecule has 0 aromatic carbocycles. The SMILES string of the molecule is CCc1nc(Cn2ccc(C(=O)C3CC3)c2)no1. The van der Waals surface area contributed by atoms with Gasteiger partial charge >= 0.3 is 0 Å². The fraction of sp³-hybridized carbons (Fsp3) is 0.462. The molecule has 1 saturated carbocycles. The number of hydrogen-bond donors (Lipinski definition) is 0. The number of aromatic nitrogens is 3. The third kappa shape index (κ3) is 2.20. The van der Waals surface area contributed by atoms with E-state index < -0.39 is 0 Å². The number of Topliss-reactive ketones (excluding diaryl/α,β-unsaturated/α-hetero) is 1. The first-order chi connectivity index (χ1) is 8.76. The zero-order valence-electron chi connectivity index (χ0n) is 10.3. The Morgan fingerprint density at radius 3 is 3.06 bits per heavy atom. The molecule has 1 aliphatic rings. The summed E-state index contributed by atoms with van der Waals surface area (Å²) in [4.78, 5) is 16.1. The first-order valence-corrected chi connectivity index (χ1v) is 6.27. The Morgan fingerprint density at radius 2 is 2.39 bits per heavy atom. The maximum atomic E-state index is 11.9. The summed E-state index contributed by atoms with van der Waals surface area (Å²) in [6.45, 7) is 2.51. The fourth-order valence-corrected chi connectivity index (χ4v) is 1.93. The van der Waals surface area contributed by atoms with E-state index in [1.165, 1.54) is 0 Å². The van der Waals surface area contributed by atoms with Gasteiger partial charge < -0.3 is 9.09 Å². The molecular weight excluding hydrogens is 230 g/mol. The predicted octanol–water partition coefficient (Wildman–Crippen LogP) is 2.07. The van der Waals surface area contributed by atoms with Crippen LogP contribution in [0.3, 0.4) is 0 Å². The second kappa shape index (κ2) is 4.40. The number of ketones is 1. The molecule has 0 atom stereocenters. The van der Waals surface area contributed by atoms with E-state index in [1.807, 2.05) is 30.0 Å². The number of rotatable bonds is 5. The first kappa shape index (κ1) is 11.2. The van der Waals surface area contributed by atoms with Gasteiger partial charge in [-0.1, -0.05) is 12.1 Å². The highest BCUT2D eigenvalue weighted by Gasteiger charge is 2.30. The van der Waals surface area contributed by atoms with E-state index >= 15 is 0 Å². The van der Waals surface area contributed by atoms with Crippen molar-refractivity contribution >= 4 is 5.78 Å². The second-order valence-electron chi connectivity index (χ2n) is 4.67. The summed E-state index contributed by atoms with van der Waals surface area (Å²) >= 11 is 0. The summed E-state index contributed by atoms with van der Waals surface area (Å²) in [6.07, 6.45) is 6.56. The standard InChI is InChI=1S/C13H15N3O2/c1-2-12-14-11(15-18-12)8-16-6-5-10(7-16)13(17)9-3-4-9/h5-7,9H,2-4,8H2,1H3. The first-order valence-electron chi connectivity index (χ1n) is 6.27. The van der Waals surface area contributed by atoms with E-state index in [2.05, 4.69) is 10.1 Å². The monoisotopic (exact) mass is 245 g/mol. The molecule has 5 nitrogen and oxygen atoms in total. The highest BCUT2D eigenvalue weighted by Crippen LogP contribution is 2.32. The smallest absolute Gasteiger partial charge is 0.226 e. The lowest BCUT2D eigenvalue weighted by molar-refractivity contribution is 0.0967. The molecule has 0 radical (unpaired) electrons. The van der Waals surface area contributed by atoms with Gasteiger partial charge in [-0.15, -0.1) is 0 Å². The average Bonchev–Trinajstić information content (AvgIpc) is 2.96. The minimum absolute atomic E-state index is 0.260. The Bertz CT molecular complexity index is 566. The van der Waals surface area contributed by atoms with Gasteiger partial charge in [0.15, 0.2) is 11.6 Å². The number of nitrogens with zero attached hydrogens (tertiary/aromatic N) is 3. The van der Waals surface area contributed by atoms with E-state index in [-0.39, 0.29) is 11.7 Å². The largest absolute Gasteiger partial charge is 0.346 e. The molecule has 0 amide bonds. The maximum absolute atomic E-state index is 11.9. The van der Waals surface area contributed by atoms with Crippen LogP contribution in [0.2, 0.25) is 0 Å². The van der Waals surface area contributed by atoms with Crippen LogP contribution in [0.1, 0.15) is 41.8 Å². The molecule has 18 heavy (non-hydrogen) atoms. The summed E-state index contributed by atoms with van der Waals surface area (Å²) < 4.78 is 6.96. The molecule has 2 aromatic heterocycles. The van der Waals surface area contributed by atoms with Crippen LogP contribution in [-0.4, -0.2) is 20.5 Å². The van der Waals surface area contributed by atoms with Crippen molar-refractivity contribution in [3.63, 3.8) is 0 Å². The summed E-state index contributed by atoms with van der Waals surface area (Å²) in [5, 5.41) is 3.89. The van der Waals surface area contributed by atoms with Crippen molar-refractivity contribution < 1.29 is 9.32 Å². The topological polar surface area (TPSA) is 60.9 Å². The molecule has 2 aromatic rings. The Morgan fingerprint density at radius 1 is 1.56 bits per heavy atom. The summed E-state index contributed by atoms with van der Waals surface area (Å²) in [5.41, 5.74) is 0.789. The maximum Gasteiger partial charge on any atom is 0.226 e. The van der Waals surface area contributed by atoms with Gasteiger partial charge in [-0.05, 0) is 18.9 Å². The zero-order chi connectivity index (χ0) is 12.5. The van der Waals surface area contributed by atoms with Gasteiger partial charge in [0.2, 0.25) is 5.89 Å². The third-order valence-corrected chi connectivity index (χ3v) is 3.12. The molecular formula is C13H15N3O2. The number of carbonyl (C=O) groups is 1. The van der Waals surface area contributed by atoms with Crippen LogP contribution in [-0.2, 0) is 13.0 Å². The van der Waals surface area contributed by atoms with E-state index in [0.29, 0.717) is 18.3 Å². The summed E-state index contributed by atoms with van der Waals surface area (Å²) in [5.74, 6) is 1.81. The van der Waals surface area contributed by atoms with Crippen molar-refractivity contribution in [1.82, 2.24) is 14.7 Å². The van der Waals surface area contributed by atoms with E-state index in [0.717, 1.165) is 24.8 Å². The van der Waals surface area contributed by atoms with Crippen LogP contribution >= 0.6 is 0 Å². The van der Waals surface area contributed by atoms with Crippen molar-refractivity contribution in [2.75, 3.05) is 0 Å². The molecule has 0 unspecified atom stereocenters. The highest BCUT2D eigenvalue weighted by atomic mass is 16.5. The Balaban J connectivity index is 1.71. The van der Waals surface area contributed by atoms with Gasteiger partial charge in [0.1, 0.15) is 0 Å². The Labute approximate surface area is 105 Å². The summed E-state index contributed by atoms with van der Waals surface area (Å²) in [6, 6.07) is 1.86. The van der Waals surface area contributed by atoms with E-state index in [1.54, 1.807) is 0 Å². The molecule has 3 rings (SSSR count). The van der Waals surface area contributed by atoms with Crippen molar-refractivity contribution in [2.24, 2.45) is 5.92 Å². The van der Waals surface area contributed by atoms with Crippen LogP contribution < -0.4 is 0 Å². The lowest BCUT2D eigenvalue weighted by Gasteiger charge is -1.96. The van der Waals surface area contributed by atoms with Crippen molar-refractivity contribution in [1.29, 1.82) is 0 Å². The van der Waals surface area contributed by atoms with Gasteiger partial charge in [0, 0.05) is 30.3 Å².